The van der Waals surface area contributed by atoms with Crippen molar-refractivity contribution < 1.29 is 13.2 Å². The Balaban J connectivity index is 2.29. The van der Waals surface area contributed by atoms with Gasteiger partial charge in [0.25, 0.3) is 0 Å². The van der Waals surface area contributed by atoms with Crippen LogP contribution in [0.5, 0.6) is 0 Å². The minimum Gasteiger partial charge on any atom is -0.385 e. The van der Waals surface area contributed by atoms with Crippen molar-refractivity contribution in [2.24, 2.45) is 0 Å². The molecule has 1 heterocycles. The Kier molecular flexibility index (Phi) is 5.16. The van der Waals surface area contributed by atoms with E-state index in [4.69, 9.17) is 16.3 Å². The molecule has 5 nitrogen and oxygen atoms in total. The molecule has 2 aromatic rings. The third-order valence-electron chi connectivity index (χ3n) is 3.16. The lowest BCUT2D eigenvalue weighted by Gasteiger charge is -2.17. The molecule has 0 N–H and O–H groups in total. The molecule has 0 spiro atoms. The van der Waals surface area contributed by atoms with Crippen LogP contribution < -0.4 is 0 Å². The number of methoxy groups -OCH3 is 1. The van der Waals surface area contributed by atoms with Gasteiger partial charge in [0.15, 0.2) is 0 Å². The van der Waals surface area contributed by atoms with Gasteiger partial charge in [-0.1, -0.05) is 11.6 Å². The SMILES string of the molecule is COCCCN(C)S(=O)(=O)c1ccc2nc(Cl)ccc2c1. The van der Waals surface area contributed by atoms with Crippen molar-refractivity contribution in [2.45, 2.75) is 11.3 Å². The maximum atomic E-state index is 12.5. The molecule has 1 aromatic heterocycles. The van der Waals surface area contributed by atoms with E-state index >= 15 is 0 Å². The van der Waals surface area contributed by atoms with Gasteiger partial charge in [-0.15, -0.1) is 0 Å². The number of rotatable bonds is 6. The summed E-state index contributed by atoms with van der Waals surface area (Å²) in [5, 5.41) is 1.13. The Labute approximate surface area is 129 Å². The first-order valence-electron chi connectivity index (χ1n) is 6.47. The lowest BCUT2D eigenvalue weighted by molar-refractivity contribution is 0.189. The van der Waals surface area contributed by atoms with Crippen LogP contribution in [0.15, 0.2) is 35.2 Å². The predicted molar refractivity (Wildman–Crippen MR) is 83.1 cm³/mol. The fraction of sp³-hybridized carbons (Fsp3) is 0.357. The van der Waals surface area contributed by atoms with E-state index in [0.29, 0.717) is 30.2 Å². The molecule has 0 fully saturated rings. The highest BCUT2D eigenvalue weighted by Gasteiger charge is 2.20. The van der Waals surface area contributed by atoms with Crippen molar-refractivity contribution in [3.8, 4) is 0 Å². The first-order valence-corrected chi connectivity index (χ1v) is 8.28. The summed E-state index contributed by atoms with van der Waals surface area (Å²) in [6, 6.07) is 8.23. The van der Waals surface area contributed by atoms with Crippen molar-refractivity contribution in [1.82, 2.24) is 9.29 Å². The lowest BCUT2D eigenvalue weighted by Crippen LogP contribution is -2.28. The zero-order valence-electron chi connectivity index (χ0n) is 11.9. The van der Waals surface area contributed by atoms with Crippen molar-refractivity contribution in [3.05, 3.63) is 35.5 Å². The smallest absolute Gasteiger partial charge is 0.242 e. The number of hydrogen-bond acceptors (Lipinski definition) is 4. The maximum absolute atomic E-state index is 12.5. The third-order valence-corrected chi connectivity index (χ3v) is 5.22. The Morgan fingerprint density at radius 1 is 1.29 bits per heavy atom. The summed E-state index contributed by atoms with van der Waals surface area (Å²) in [5.74, 6) is 0. The van der Waals surface area contributed by atoms with Crippen molar-refractivity contribution in [3.63, 3.8) is 0 Å². The van der Waals surface area contributed by atoms with E-state index in [0.717, 1.165) is 5.39 Å². The second-order valence-corrected chi connectivity index (χ2v) is 7.09. The van der Waals surface area contributed by atoms with Crippen LogP contribution in [0.4, 0.5) is 0 Å². The number of fused-ring (bicyclic) bond motifs is 1. The first-order chi connectivity index (χ1) is 9.95. The third kappa shape index (κ3) is 3.71. The number of halogens is 1. The Hall–Kier alpha value is -1.21. The largest absolute Gasteiger partial charge is 0.385 e. The molecular weight excluding hydrogens is 312 g/mol. The number of nitrogens with zero attached hydrogens (tertiary/aromatic N) is 2. The van der Waals surface area contributed by atoms with Crippen molar-refractivity contribution >= 4 is 32.5 Å². The number of hydrogen-bond donors (Lipinski definition) is 0. The number of aromatic nitrogens is 1. The molecule has 7 heteroatoms. The van der Waals surface area contributed by atoms with Crippen LogP contribution in [-0.2, 0) is 14.8 Å². The van der Waals surface area contributed by atoms with Crippen molar-refractivity contribution in [1.29, 1.82) is 0 Å². The van der Waals surface area contributed by atoms with E-state index in [-0.39, 0.29) is 4.90 Å². The minimum absolute atomic E-state index is 0.249. The van der Waals surface area contributed by atoms with Gasteiger partial charge in [0.05, 0.1) is 10.4 Å². The van der Waals surface area contributed by atoms with E-state index < -0.39 is 10.0 Å². The van der Waals surface area contributed by atoms with Crippen molar-refractivity contribution in [2.75, 3.05) is 27.3 Å². The molecule has 0 amide bonds. The average Bonchev–Trinajstić information content (AvgIpc) is 2.46. The molecular formula is C14H17ClN2O3S. The Morgan fingerprint density at radius 2 is 2.05 bits per heavy atom. The summed E-state index contributed by atoms with van der Waals surface area (Å²) in [5.41, 5.74) is 0.670. The average molecular weight is 329 g/mol. The highest BCUT2D eigenvalue weighted by Crippen LogP contribution is 2.21. The molecule has 0 aliphatic heterocycles. The molecule has 2 rings (SSSR count). The van der Waals surface area contributed by atoms with E-state index in [1.54, 1.807) is 44.5 Å². The minimum atomic E-state index is -3.50. The summed E-state index contributed by atoms with van der Waals surface area (Å²) >= 11 is 5.82. The highest BCUT2D eigenvalue weighted by molar-refractivity contribution is 7.89. The molecule has 0 aliphatic rings. The lowest BCUT2D eigenvalue weighted by atomic mass is 10.2. The number of pyridine rings is 1. The van der Waals surface area contributed by atoms with Gasteiger partial charge < -0.3 is 4.74 Å². The van der Waals surface area contributed by atoms with E-state index in [1.165, 1.54) is 4.31 Å². The normalized spacial score (nSPS) is 12.2. The molecule has 21 heavy (non-hydrogen) atoms. The van der Waals surface area contributed by atoms with Crippen LogP contribution in [-0.4, -0.2) is 45.0 Å². The topological polar surface area (TPSA) is 59.5 Å². The van der Waals surface area contributed by atoms with Crippen LogP contribution in [0.25, 0.3) is 10.9 Å². The number of benzene rings is 1. The molecule has 0 aliphatic carbocycles. The fourth-order valence-corrected chi connectivity index (χ4v) is 3.37. The Morgan fingerprint density at radius 3 is 2.76 bits per heavy atom. The summed E-state index contributed by atoms with van der Waals surface area (Å²) < 4.78 is 31.2. The Bertz CT molecular complexity index is 734. The van der Waals surface area contributed by atoms with Gasteiger partial charge in [-0.05, 0) is 36.8 Å². The second kappa shape index (κ2) is 6.70. The number of ether oxygens (including phenoxy) is 1. The highest BCUT2D eigenvalue weighted by atomic mass is 35.5. The fourth-order valence-electron chi connectivity index (χ4n) is 1.97. The maximum Gasteiger partial charge on any atom is 0.242 e. The summed E-state index contributed by atoms with van der Waals surface area (Å²) in [7, 11) is -0.346. The quantitative estimate of drug-likeness (QED) is 0.604. The second-order valence-electron chi connectivity index (χ2n) is 4.66. The van der Waals surface area contributed by atoms with Gasteiger partial charge >= 0.3 is 0 Å². The first kappa shape index (κ1) is 16.2. The monoisotopic (exact) mass is 328 g/mol. The molecule has 0 bridgehead atoms. The zero-order valence-corrected chi connectivity index (χ0v) is 13.5. The number of sulfonamides is 1. The molecule has 0 saturated carbocycles. The van der Waals surface area contributed by atoms with E-state index in [2.05, 4.69) is 4.98 Å². The molecule has 1 aromatic carbocycles. The molecule has 0 atom stereocenters. The van der Waals surface area contributed by atoms with Crippen LogP contribution in [0.1, 0.15) is 6.42 Å². The standard InChI is InChI=1S/C14H17ClN2O3S/c1-17(8-3-9-20-2)21(18,19)12-5-6-13-11(10-12)4-7-14(15)16-13/h4-7,10H,3,8-9H2,1-2H3. The van der Waals surface area contributed by atoms with Gasteiger partial charge in [-0.3, -0.25) is 0 Å². The van der Waals surface area contributed by atoms with Gasteiger partial charge in [-0.2, -0.15) is 0 Å². The van der Waals surface area contributed by atoms with E-state index in [1.807, 2.05) is 0 Å². The molecule has 0 radical (unpaired) electrons. The molecule has 0 saturated heterocycles. The summed E-state index contributed by atoms with van der Waals surface area (Å²) in [6.45, 7) is 0.938. The van der Waals surface area contributed by atoms with E-state index in [9.17, 15) is 8.42 Å². The van der Waals surface area contributed by atoms with Gasteiger partial charge in [0.1, 0.15) is 5.15 Å². The van der Waals surface area contributed by atoms with Crippen LogP contribution in [0.3, 0.4) is 0 Å². The summed E-state index contributed by atoms with van der Waals surface area (Å²) in [4.78, 5) is 4.39. The van der Waals surface area contributed by atoms with Gasteiger partial charge in [-0.25, -0.2) is 17.7 Å². The van der Waals surface area contributed by atoms with Crippen LogP contribution in [0, 0.1) is 0 Å². The van der Waals surface area contributed by atoms with Gasteiger partial charge in [0, 0.05) is 32.7 Å². The van der Waals surface area contributed by atoms with Crippen LogP contribution in [0.2, 0.25) is 5.15 Å². The predicted octanol–water partition coefficient (Wildman–Crippen LogP) is 2.55. The van der Waals surface area contributed by atoms with Crippen LogP contribution >= 0.6 is 11.6 Å². The van der Waals surface area contributed by atoms with Gasteiger partial charge in [0.2, 0.25) is 10.0 Å². The molecule has 114 valence electrons. The summed E-state index contributed by atoms with van der Waals surface area (Å²) in [6.07, 6.45) is 0.650. The zero-order chi connectivity index (χ0) is 15.5. The molecule has 0 unspecified atom stereocenters.